The van der Waals surface area contributed by atoms with E-state index in [9.17, 15) is 4.79 Å². The summed E-state index contributed by atoms with van der Waals surface area (Å²) in [4.78, 5) is 14.7. The summed E-state index contributed by atoms with van der Waals surface area (Å²) in [7, 11) is 0. The number of ether oxygens (including phenoxy) is 2. The van der Waals surface area contributed by atoms with Gasteiger partial charge in [-0.2, -0.15) is 0 Å². The van der Waals surface area contributed by atoms with Crippen molar-refractivity contribution in [2.75, 3.05) is 32.8 Å². The van der Waals surface area contributed by atoms with Crippen LogP contribution in [0.25, 0.3) is 0 Å². The molecule has 2 aliphatic heterocycles. The van der Waals surface area contributed by atoms with Gasteiger partial charge >= 0.3 is 0 Å². The normalized spacial score (nSPS) is 26.9. The molecule has 0 bridgehead atoms. The van der Waals surface area contributed by atoms with Gasteiger partial charge in [0.15, 0.2) is 0 Å². The van der Waals surface area contributed by atoms with Gasteiger partial charge in [0.2, 0.25) is 5.91 Å². The Morgan fingerprint density at radius 1 is 1.23 bits per heavy atom. The van der Waals surface area contributed by atoms with E-state index in [1.54, 1.807) is 0 Å². The second-order valence-corrected chi connectivity index (χ2v) is 5.94. The molecule has 2 N–H and O–H groups in total. The minimum absolute atomic E-state index is 0.00519. The molecular weight excluding hydrogens is 280 g/mol. The molecule has 0 radical (unpaired) electrons. The van der Waals surface area contributed by atoms with Gasteiger partial charge in [0, 0.05) is 26.2 Å². The van der Waals surface area contributed by atoms with Gasteiger partial charge in [-0.1, -0.05) is 30.3 Å². The van der Waals surface area contributed by atoms with Crippen molar-refractivity contribution in [2.24, 2.45) is 5.73 Å². The van der Waals surface area contributed by atoms with Crippen LogP contribution in [0.15, 0.2) is 30.3 Å². The number of carbonyl (C=O) groups excluding carboxylic acids is 1. The van der Waals surface area contributed by atoms with Gasteiger partial charge in [0.05, 0.1) is 18.6 Å². The van der Waals surface area contributed by atoms with Crippen LogP contribution in [0, 0.1) is 0 Å². The maximum absolute atomic E-state index is 12.8. The number of morpholine rings is 1. The van der Waals surface area contributed by atoms with Crippen molar-refractivity contribution in [1.29, 1.82) is 0 Å². The average Bonchev–Trinajstić information content (AvgIpc) is 3.11. The Bertz CT molecular complexity index is 488. The maximum atomic E-state index is 12.8. The predicted octanol–water partition coefficient (Wildman–Crippen LogP) is 1.14. The van der Waals surface area contributed by atoms with Crippen LogP contribution in [-0.4, -0.2) is 55.9 Å². The second kappa shape index (κ2) is 7.22. The van der Waals surface area contributed by atoms with Crippen molar-refractivity contribution >= 4 is 5.91 Å². The lowest BCUT2D eigenvalue weighted by Gasteiger charge is -2.37. The Morgan fingerprint density at radius 2 is 2.00 bits per heavy atom. The highest BCUT2D eigenvalue weighted by molar-refractivity contribution is 5.84. The van der Waals surface area contributed by atoms with Crippen molar-refractivity contribution < 1.29 is 14.3 Å². The highest BCUT2D eigenvalue weighted by Gasteiger charge is 2.34. The Hall–Kier alpha value is -1.43. The van der Waals surface area contributed by atoms with Crippen LogP contribution < -0.4 is 5.73 Å². The van der Waals surface area contributed by atoms with E-state index >= 15 is 0 Å². The van der Waals surface area contributed by atoms with E-state index in [1.807, 2.05) is 35.2 Å². The Kier molecular flexibility index (Phi) is 5.08. The summed E-state index contributed by atoms with van der Waals surface area (Å²) in [5.74, 6) is -0.176. The quantitative estimate of drug-likeness (QED) is 0.906. The van der Waals surface area contributed by atoms with Gasteiger partial charge in [-0.05, 0) is 18.4 Å². The Labute approximate surface area is 131 Å². The van der Waals surface area contributed by atoms with Gasteiger partial charge in [-0.3, -0.25) is 4.79 Å². The maximum Gasteiger partial charge on any atom is 0.231 e. The van der Waals surface area contributed by atoms with E-state index in [0.29, 0.717) is 26.2 Å². The van der Waals surface area contributed by atoms with E-state index in [4.69, 9.17) is 15.2 Å². The third kappa shape index (κ3) is 3.32. The molecule has 120 valence electrons. The minimum atomic E-state index is -0.274. The molecule has 0 spiro atoms. The van der Waals surface area contributed by atoms with Gasteiger partial charge in [0.1, 0.15) is 6.10 Å². The van der Waals surface area contributed by atoms with Gasteiger partial charge in [0.25, 0.3) is 0 Å². The molecule has 1 aromatic rings. The number of carbonyl (C=O) groups is 1. The van der Waals surface area contributed by atoms with Crippen molar-refractivity contribution in [3.8, 4) is 0 Å². The standard InChI is InChI=1S/C17H24N2O3/c18-11-14(13-5-2-1-3-6-13)17(20)19-8-10-22-16(12-19)15-7-4-9-21-15/h1-3,5-6,14-16H,4,7-12,18H2. The molecule has 3 atom stereocenters. The average molecular weight is 304 g/mol. The van der Waals surface area contributed by atoms with E-state index < -0.39 is 0 Å². The predicted molar refractivity (Wildman–Crippen MR) is 83.5 cm³/mol. The van der Waals surface area contributed by atoms with E-state index in [0.717, 1.165) is 25.0 Å². The lowest BCUT2D eigenvalue weighted by atomic mass is 9.97. The molecule has 0 saturated carbocycles. The fourth-order valence-electron chi connectivity index (χ4n) is 3.28. The molecule has 2 aliphatic rings. The van der Waals surface area contributed by atoms with Crippen molar-refractivity contribution in [3.63, 3.8) is 0 Å². The van der Waals surface area contributed by atoms with Crippen LogP contribution in [0.4, 0.5) is 0 Å². The van der Waals surface area contributed by atoms with Crippen molar-refractivity contribution in [3.05, 3.63) is 35.9 Å². The molecule has 1 amide bonds. The molecule has 2 saturated heterocycles. The summed E-state index contributed by atoms with van der Waals surface area (Å²) in [5, 5.41) is 0. The first-order valence-corrected chi connectivity index (χ1v) is 8.06. The highest BCUT2D eigenvalue weighted by atomic mass is 16.5. The van der Waals surface area contributed by atoms with Crippen LogP contribution in [0.2, 0.25) is 0 Å². The molecule has 2 heterocycles. The number of nitrogens with two attached hydrogens (primary N) is 1. The first-order chi connectivity index (χ1) is 10.8. The fourth-order valence-corrected chi connectivity index (χ4v) is 3.28. The largest absolute Gasteiger partial charge is 0.375 e. The lowest BCUT2D eigenvalue weighted by molar-refractivity contribution is -0.146. The van der Waals surface area contributed by atoms with E-state index in [2.05, 4.69) is 0 Å². The second-order valence-electron chi connectivity index (χ2n) is 5.94. The van der Waals surface area contributed by atoms with E-state index in [1.165, 1.54) is 0 Å². The molecular formula is C17H24N2O3. The van der Waals surface area contributed by atoms with Crippen LogP contribution in [0.1, 0.15) is 24.3 Å². The van der Waals surface area contributed by atoms with Crippen LogP contribution in [0.3, 0.4) is 0 Å². The third-order valence-electron chi connectivity index (χ3n) is 4.52. The van der Waals surface area contributed by atoms with Crippen molar-refractivity contribution in [1.82, 2.24) is 4.90 Å². The molecule has 1 aromatic carbocycles. The number of amides is 1. The molecule has 5 heteroatoms. The number of hydrogen-bond donors (Lipinski definition) is 1. The number of benzene rings is 1. The van der Waals surface area contributed by atoms with Gasteiger partial charge < -0.3 is 20.1 Å². The zero-order valence-electron chi connectivity index (χ0n) is 12.8. The molecule has 0 aliphatic carbocycles. The smallest absolute Gasteiger partial charge is 0.231 e. The molecule has 22 heavy (non-hydrogen) atoms. The molecule has 3 rings (SSSR count). The SMILES string of the molecule is NCC(C(=O)N1CCOC(C2CCCO2)C1)c1ccccc1. The third-order valence-corrected chi connectivity index (χ3v) is 4.52. The van der Waals surface area contributed by atoms with Crippen LogP contribution in [-0.2, 0) is 14.3 Å². The first kappa shape index (κ1) is 15.5. The van der Waals surface area contributed by atoms with Gasteiger partial charge in [-0.15, -0.1) is 0 Å². The fraction of sp³-hybridized carbons (Fsp3) is 0.588. The van der Waals surface area contributed by atoms with Gasteiger partial charge in [-0.25, -0.2) is 0 Å². The summed E-state index contributed by atoms with van der Waals surface area (Å²) in [5.41, 5.74) is 6.85. The number of rotatable bonds is 4. The number of nitrogens with zero attached hydrogens (tertiary/aromatic N) is 1. The molecule has 0 aromatic heterocycles. The Balaban J connectivity index is 1.67. The summed E-state index contributed by atoms with van der Waals surface area (Å²) in [6, 6.07) is 9.77. The summed E-state index contributed by atoms with van der Waals surface area (Å²) >= 11 is 0. The summed E-state index contributed by atoms with van der Waals surface area (Å²) < 4.78 is 11.5. The molecule has 2 fully saturated rings. The monoisotopic (exact) mass is 304 g/mol. The first-order valence-electron chi connectivity index (χ1n) is 8.06. The topological polar surface area (TPSA) is 64.8 Å². The zero-order chi connectivity index (χ0) is 15.4. The zero-order valence-corrected chi connectivity index (χ0v) is 12.8. The Morgan fingerprint density at radius 3 is 2.68 bits per heavy atom. The summed E-state index contributed by atoms with van der Waals surface area (Å²) in [6.45, 7) is 2.93. The highest BCUT2D eigenvalue weighted by Crippen LogP contribution is 2.23. The molecule has 5 nitrogen and oxygen atoms in total. The minimum Gasteiger partial charge on any atom is -0.375 e. The molecule has 3 unspecified atom stereocenters. The summed E-state index contributed by atoms with van der Waals surface area (Å²) in [6.07, 6.45) is 2.22. The van der Waals surface area contributed by atoms with Crippen LogP contribution >= 0.6 is 0 Å². The number of hydrogen-bond acceptors (Lipinski definition) is 4. The lowest BCUT2D eigenvalue weighted by Crippen LogP contribution is -2.51. The van der Waals surface area contributed by atoms with E-state index in [-0.39, 0.29) is 24.0 Å². The van der Waals surface area contributed by atoms with Crippen molar-refractivity contribution in [2.45, 2.75) is 31.0 Å². The van der Waals surface area contributed by atoms with Crippen LogP contribution in [0.5, 0.6) is 0 Å².